The predicted octanol–water partition coefficient (Wildman–Crippen LogP) is 1.59. The Morgan fingerprint density at radius 1 is 1.43 bits per heavy atom. The highest BCUT2D eigenvalue weighted by molar-refractivity contribution is 5.97. The predicted molar refractivity (Wildman–Crippen MR) is 52.8 cm³/mol. The third-order valence-corrected chi connectivity index (χ3v) is 2.22. The van der Waals surface area contributed by atoms with Gasteiger partial charge < -0.3 is 15.2 Å². The molecule has 2 aromatic heterocycles. The van der Waals surface area contributed by atoms with Crippen LogP contribution >= 0.6 is 0 Å². The number of anilines is 1. The Bertz CT molecular complexity index is 621. The van der Waals surface area contributed by atoms with Crippen molar-refractivity contribution in [1.29, 1.82) is 0 Å². The van der Waals surface area contributed by atoms with E-state index < -0.39 is 0 Å². The second-order valence-electron chi connectivity index (χ2n) is 3.26. The van der Waals surface area contributed by atoms with Crippen LogP contribution in [0.1, 0.15) is 5.82 Å². The topological polar surface area (TPSA) is 80.7 Å². The van der Waals surface area contributed by atoms with Crippen LogP contribution in [-0.2, 0) is 0 Å². The lowest BCUT2D eigenvalue weighted by molar-refractivity contribution is 0.460. The third kappa shape index (κ3) is 0.834. The van der Waals surface area contributed by atoms with Crippen LogP contribution in [-0.4, -0.2) is 15.1 Å². The van der Waals surface area contributed by atoms with Crippen LogP contribution in [0.5, 0.6) is 0 Å². The molecule has 70 valence electrons. The van der Waals surface area contributed by atoms with Gasteiger partial charge >= 0.3 is 0 Å². The van der Waals surface area contributed by atoms with Gasteiger partial charge in [0.2, 0.25) is 0 Å². The Balaban J connectivity index is 2.52. The van der Waals surface area contributed by atoms with Crippen molar-refractivity contribution in [2.75, 3.05) is 5.73 Å². The van der Waals surface area contributed by atoms with Crippen molar-refractivity contribution in [3.63, 3.8) is 0 Å². The maximum absolute atomic E-state index is 5.63. The molecular weight excluding hydrogens is 180 g/mol. The zero-order valence-electron chi connectivity index (χ0n) is 7.53. The molecule has 0 amide bonds. The zero-order chi connectivity index (χ0) is 9.71. The summed E-state index contributed by atoms with van der Waals surface area (Å²) >= 11 is 0. The molecule has 0 saturated heterocycles. The summed E-state index contributed by atoms with van der Waals surface area (Å²) in [6.45, 7) is 1.91. The fourth-order valence-electron chi connectivity index (χ4n) is 1.59. The summed E-state index contributed by atoms with van der Waals surface area (Å²) in [5.41, 5.74) is 8.13. The summed E-state index contributed by atoms with van der Waals surface area (Å²) in [5.74, 6) is 1.28. The number of aromatic amines is 1. The van der Waals surface area contributed by atoms with Crippen LogP contribution in [0.25, 0.3) is 22.0 Å². The fourth-order valence-corrected chi connectivity index (χ4v) is 1.59. The standard InChI is InChI=1S/C9H8N4O/c1-4-11-6-2-5-8(3-7(6)12-4)14-13-9(5)10/h2-3H,1H3,(H2,10,13)(H,11,12). The van der Waals surface area contributed by atoms with Crippen molar-refractivity contribution < 1.29 is 4.52 Å². The normalized spacial score (nSPS) is 11.5. The molecule has 5 nitrogen and oxygen atoms in total. The maximum Gasteiger partial charge on any atom is 0.174 e. The molecule has 0 bridgehead atoms. The molecule has 3 aromatic rings. The number of imidazole rings is 1. The number of aromatic nitrogens is 3. The van der Waals surface area contributed by atoms with Crippen LogP contribution < -0.4 is 5.73 Å². The van der Waals surface area contributed by atoms with Crippen LogP contribution in [0, 0.1) is 6.92 Å². The number of hydrogen-bond donors (Lipinski definition) is 2. The van der Waals surface area contributed by atoms with Crippen molar-refractivity contribution in [2.24, 2.45) is 0 Å². The Morgan fingerprint density at radius 3 is 3.14 bits per heavy atom. The third-order valence-electron chi connectivity index (χ3n) is 2.22. The molecule has 0 radical (unpaired) electrons. The minimum absolute atomic E-state index is 0.405. The van der Waals surface area contributed by atoms with E-state index in [2.05, 4.69) is 15.1 Å². The highest BCUT2D eigenvalue weighted by Crippen LogP contribution is 2.24. The number of hydrogen-bond acceptors (Lipinski definition) is 4. The van der Waals surface area contributed by atoms with E-state index in [1.165, 1.54) is 0 Å². The molecule has 0 atom stereocenters. The molecule has 14 heavy (non-hydrogen) atoms. The number of H-pyrrole nitrogens is 1. The summed E-state index contributed by atoms with van der Waals surface area (Å²) in [7, 11) is 0. The van der Waals surface area contributed by atoms with Crippen LogP contribution in [0.3, 0.4) is 0 Å². The van der Waals surface area contributed by atoms with Crippen molar-refractivity contribution >= 4 is 27.8 Å². The molecule has 0 unspecified atom stereocenters. The van der Waals surface area contributed by atoms with E-state index in [4.69, 9.17) is 10.3 Å². The Kier molecular flexibility index (Phi) is 1.19. The zero-order valence-corrected chi connectivity index (χ0v) is 7.53. The van der Waals surface area contributed by atoms with Crippen molar-refractivity contribution in [3.05, 3.63) is 18.0 Å². The van der Waals surface area contributed by atoms with Gasteiger partial charge in [0.05, 0.1) is 16.4 Å². The van der Waals surface area contributed by atoms with Gasteiger partial charge in [-0.1, -0.05) is 5.16 Å². The summed E-state index contributed by atoms with van der Waals surface area (Å²) in [4.78, 5) is 7.42. The molecule has 3 rings (SSSR count). The second-order valence-corrected chi connectivity index (χ2v) is 3.26. The van der Waals surface area contributed by atoms with E-state index in [0.717, 1.165) is 22.2 Å². The number of aryl methyl sites for hydroxylation is 1. The van der Waals surface area contributed by atoms with Gasteiger partial charge in [-0.05, 0) is 13.0 Å². The van der Waals surface area contributed by atoms with Gasteiger partial charge in [0.25, 0.3) is 0 Å². The largest absolute Gasteiger partial charge is 0.380 e. The highest BCUT2D eigenvalue weighted by Gasteiger charge is 2.08. The minimum Gasteiger partial charge on any atom is -0.380 e. The van der Waals surface area contributed by atoms with E-state index in [0.29, 0.717) is 11.4 Å². The van der Waals surface area contributed by atoms with Gasteiger partial charge in [0.15, 0.2) is 11.4 Å². The van der Waals surface area contributed by atoms with Gasteiger partial charge in [-0.15, -0.1) is 0 Å². The molecule has 0 saturated carbocycles. The molecule has 1 aromatic carbocycles. The molecule has 0 spiro atoms. The van der Waals surface area contributed by atoms with Crippen molar-refractivity contribution in [3.8, 4) is 0 Å². The van der Waals surface area contributed by atoms with Crippen LogP contribution in [0.4, 0.5) is 5.82 Å². The molecule has 0 aliphatic carbocycles. The molecule has 2 heterocycles. The first kappa shape index (κ1) is 7.37. The number of nitrogens with zero attached hydrogens (tertiary/aromatic N) is 2. The summed E-state index contributed by atoms with van der Waals surface area (Å²) in [6, 6.07) is 3.73. The number of benzene rings is 1. The SMILES string of the molecule is Cc1nc2cc3c(N)noc3cc2[nH]1. The van der Waals surface area contributed by atoms with Gasteiger partial charge in [0, 0.05) is 6.07 Å². The van der Waals surface area contributed by atoms with E-state index in [9.17, 15) is 0 Å². The molecule has 5 heteroatoms. The molecule has 0 aliphatic rings. The summed E-state index contributed by atoms with van der Waals surface area (Å²) < 4.78 is 5.04. The summed E-state index contributed by atoms with van der Waals surface area (Å²) in [6.07, 6.45) is 0. The van der Waals surface area contributed by atoms with Crippen molar-refractivity contribution in [2.45, 2.75) is 6.92 Å². The average Bonchev–Trinajstić information content (AvgIpc) is 2.66. The van der Waals surface area contributed by atoms with E-state index in [-0.39, 0.29) is 0 Å². The molecule has 0 fully saturated rings. The lowest BCUT2D eigenvalue weighted by Crippen LogP contribution is -1.83. The highest BCUT2D eigenvalue weighted by atomic mass is 16.5. The quantitative estimate of drug-likeness (QED) is 0.561. The number of nitrogen functional groups attached to an aromatic ring is 1. The Labute approximate surface area is 78.9 Å². The number of nitrogens with two attached hydrogens (primary N) is 1. The monoisotopic (exact) mass is 188 g/mol. The Hall–Kier alpha value is -2.04. The van der Waals surface area contributed by atoms with Gasteiger partial charge in [0.1, 0.15) is 5.82 Å². The molecule has 3 N–H and O–H groups in total. The van der Waals surface area contributed by atoms with Gasteiger partial charge in [-0.25, -0.2) is 4.98 Å². The fraction of sp³-hybridized carbons (Fsp3) is 0.111. The first-order valence-electron chi connectivity index (χ1n) is 4.25. The van der Waals surface area contributed by atoms with Crippen LogP contribution in [0.2, 0.25) is 0 Å². The lowest BCUT2D eigenvalue weighted by atomic mass is 10.2. The maximum atomic E-state index is 5.63. The molecule has 0 aliphatic heterocycles. The first-order valence-corrected chi connectivity index (χ1v) is 4.25. The smallest absolute Gasteiger partial charge is 0.174 e. The van der Waals surface area contributed by atoms with E-state index in [1.807, 2.05) is 19.1 Å². The lowest BCUT2D eigenvalue weighted by Gasteiger charge is -1.87. The Morgan fingerprint density at radius 2 is 2.29 bits per heavy atom. The van der Waals surface area contributed by atoms with Crippen LogP contribution in [0.15, 0.2) is 16.7 Å². The number of nitrogens with one attached hydrogen (secondary N) is 1. The molecular formula is C9H8N4O. The summed E-state index contributed by atoms with van der Waals surface area (Å²) in [5, 5.41) is 4.49. The second kappa shape index (κ2) is 2.25. The number of rotatable bonds is 0. The van der Waals surface area contributed by atoms with Crippen molar-refractivity contribution in [1.82, 2.24) is 15.1 Å². The van der Waals surface area contributed by atoms with E-state index >= 15 is 0 Å². The van der Waals surface area contributed by atoms with E-state index in [1.54, 1.807) is 0 Å². The minimum atomic E-state index is 0.405. The van der Waals surface area contributed by atoms with Gasteiger partial charge in [-0.3, -0.25) is 0 Å². The van der Waals surface area contributed by atoms with Gasteiger partial charge in [-0.2, -0.15) is 0 Å². The average molecular weight is 188 g/mol. The first-order chi connectivity index (χ1) is 6.74. The number of fused-ring (bicyclic) bond motifs is 2.